The molecule has 3 rings (SSSR count). The van der Waals surface area contributed by atoms with Crippen molar-refractivity contribution in [3.05, 3.63) is 67.8 Å². The van der Waals surface area contributed by atoms with Gasteiger partial charge in [-0.05, 0) is 30.3 Å². The third kappa shape index (κ3) is 2.64. The summed E-state index contributed by atoms with van der Waals surface area (Å²) in [7, 11) is 0. The van der Waals surface area contributed by atoms with Crippen LogP contribution in [0.3, 0.4) is 0 Å². The highest BCUT2D eigenvalue weighted by molar-refractivity contribution is 6.35. The van der Waals surface area contributed by atoms with E-state index in [4.69, 9.17) is 29.8 Å². The Labute approximate surface area is 142 Å². The number of nitrogens with one attached hydrogen (secondary N) is 1. The minimum absolute atomic E-state index is 0.0212. The van der Waals surface area contributed by atoms with E-state index in [1.54, 1.807) is 0 Å². The van der Waals surface area contributed by atoms with Crippen LogP contribution in [0.1, 0.15) is 5.56 Å². The SMILES string of the molecule is [C-]#[N+]c1cc(C(F)(F)F)c2c(c1)[nH]c(=O)n2-c1ccc(Cl)cc1Cl. The van der Waals surface area contributed by atoms with E-state index in [-0.39, 0.29) is 26.9 Å². The standard InChI is InChI=1S/C15H6Cl2F3N3O/c1-21-8-5-9(15(18,19)20)13-11(6-8)22-14(24)23(13)12-3-2-7(16)4-10(12)17/h2-6H,(H,22,24). The van der Waals surface area contributed by atoms with Gasteiger partial charge in [0.2, 0.25) is 0 Å². The normalized spacial score (nSPS) is 11.7. The van der Waals surface area contributed by atoms with Crippen molar-refractivity contribution in [2.75, 3.05) is 0 Å². The highest BCUT2D eigenvalue weighted by Gasteiger charge is 2.35. The molecule has 0 aliphatic heterocycles. The van der Waals surface area contributed by atoms with Crippen LogP contribution in [-0.4, -0.2) is 9.55 Å². The highest BCUT2D eigenvalue weighted by Crippen LogP contribution is 2.38. The van der Waals surface area contributed by atoms with Crippen molar-refractivity contribution in [2.24, 2.45) is 0 Å². The molecule has 0 bridgehead atoms. The van der Waals surface area contributed by atoms with E-state index in [0.29, 0.717) is 6.07 Å². The first-order chi connectivity index (χ1) is 11.2. The zero-order chi connectivity index (χ0) is 17.6. The number of hydrogen-bond donors (Lipinski definition) is 1. The third-order valence-electron chi connectivity index (χ3n) is 3.35. The van der Waals surface area contributed by atoms with Crippen LogP contribution >= 0.6 is 23.2 Å². The lowest BCUT2D eigenvalue weighted by molar-refractivity contribution is -0.136. The highest BCUT2D eigenvalue weighted by atomic mass is 35.5. The summed E-state index contributed by atoms with van der Waals surface area (Å²) in [4.78, 5) is 17.6. The Balaban J connectivity index is 2.48. The first kappa shape index (κ1) is 16.4. The summed E-state index contributed by atoms with van der Waals surface area (Å²) in [5.41, 5.74) is -2.59. The second-order valence-electron chi connectivity index (χ2n) is 4.86. The molecule has 4 nitrogen and oxygen atoms in total. The minimum atomic E-state index is -4.76. The fraction of sp³-hybridized carbons (Fsp3) is 0.0667. The molecule has 0 amide bonds. The van der Waals surface area contributed by atoms with Crippen LogP contribution in [0.2, 0.25) is 10.0 Å². The van der Waals surface area contributed by atoms with Gasteiger partial charge in [-0.25, -0.2) is 9.64 Å². The van der Waals surface area contributed by atoms with Gasteiger partial charge in [-0.3, -0.25) is 4.57 Å². The molecule has 9 heteroatoms. The van der Waals surface area contributed by atoms with Crippen molar-refractivity contribution in [1.82, 2.24) is 9.55 Å². The van der Waals surface area contributed by atoms with Gasteiger partial charge >= 0.3 is 11.9 Å². The molecule has 0 saturated heterocycles. The predicted molar refractivity (Wildman–Crippen MR) is 85.2 cm³/mol. The molecule has 1 N–H and O–H groups in total. The largest absolute Gasteiger partial charge is 0.417 e. The molecule has 1 aromatic heterocycles. The lowest BCUT2D eigenvalue weighted by atomic mass is 10.1. The molecule has 2 aromatic carbocycles. The fourth-order valence-corrected chi connectivity index (χ4v) is 2.89. The van der Waals surface area contributed by atoms with Gasteiger partial charge < -0.3 is 4.98 Å². The molecule has 0 aliphatic carbocycles. The minimum Gasteiger partial charge on any atom is -0.306 e. The van der Waals surface area contributed by atoms with Gasteiger partial charge in [-0.1, -0.05) is 23.2 Å². The summed E-state index contributed by atoms with van der Waals surface area (Å²) >= 11 is 11.8. The summed E-state index contributed by atoms with van der Waals surface area (Å²) in [6, 6.07) is 5.96. The first-order valence-corrected chi connectivity index (χ1v) is 7.17. The zero-order valence-corrected chi connectivity index (χ0v) is 13.1. The molecular formula is C15H6Cl2F3N3O. The van der Waals surface area contributed by atoms with Crippen LogP contribution in [-0.2, 0) is 6.18 Å². The molecule has 122 valence electrons. The number of benzene rings is 2. The average molecular weight is 372 g/mol. The van der Waals surface area contributed by atoms with Crippen molar-refractivity contribution < 1.29 is 13.2 Å². The Morgan fingerprint density at radius 2 is 1.88 bits per heavy atom. The number of aromatic nitrogens is 2. The van der Waals surface area contributed by atoms with Gasteiger partial charge in [0.15, 0.2) is 5.69 Å². The van der Waals surface area contributed by atoms with Crippen LogP contribution in [0.5, 0.6) is 0 Å². The molecule has 0 unspecified atom stereocenters. The number of aromatic amines is 1. The monoisotopic (exact) mass is 371 g/mol. The molecule has 0 spiro atoms. The Bertz CT molecular complexity index is 1060. The maximum absolute atomic E-state index is 13.4. The average Bonchev–Trinajstić information content (AvgIpc) is 2.81. The molecule has 0 radical (unpaired) electrons. The van der Waals surface area contributed by atoms with Crippen LogP contribution in [0.15, 0.2) is 35.1 Å². The lowest BCUT2D eigenvalue weighted by Crippen LogP contribution is -2.17. The van der Waals surface area contributed by atoms with E-state index in [1.807, 2.05) is 0 Å². The molecule has 0 atom stereocenters. The van der Waals surface area contributed by atoms with Gasteiger partial charge in [0.1, 0.15) is 0 Å². The van der Waals surface area contributed by atoms with Gasteiger partial charge in [0.25, 0.3) is 0 Å². The van der Waals surface area contributed by atoms with Gasteiger partial charge in [-0.15, -0.1) is 0 Å². The third-order valence-corrected chi connectivity index (χ3v) is 3.89. The van der Waals surface area contributed by atoms with Gasteiger partial charge in [0.05, 0.1) is 33.9 Å². The molecule has 1 heterocycles. The van der Waals surface area contributed by atoms with Crippen molar-refractivity contribution in [3.63, 3.8) is 0 Å². The summed E-state index contributed by atoms with van der Waals surface area (Å²) in [6.07, 6.45) is -4.76. The molecule has 3 aromatic rings. The Morgan fingerprint density at radius 1 is 1.17 bits per heavy atom. The topological polar surface area (TPSA) is 42.1 Å². The lowest BCUT2D eigenvalue weighted by Gasteiger charge is -2.13. The van der Waals surface area contributed by atoms with Crippen molar-refractivity contribution in [1.29, 1.82) is 0 Å². The van der Waals surface area contributed by atoms with Crippen molar-refractivity contribution in [2.45, 2.75) is 6.18 Å². The number of alkyl halides is 3. The van der Waals surface area contributed by atoms with E-state index in [0.717, 1.165) is 4.57 Å². The number of hydrogen-bond acceptors (Lipinski definition) is 1. The Kier molecular flexibility index (Phi) is 3.82. The van der Waals surface area contributed by atoms with Crippen molar-refractivity contribution in [3.8, 4) is 5.69 Å². The number of fused-ring (bicyclic) bond motifs is 1. The number of halogens is 5. The summed E-state index contributed by atoms with van der Waals surface area (Å²) in [5.74, 6) is 0. The Morgan fingerprint density at radius 3 is 2.46 bits per heavy atom. The fourth-order valence-electron chi connectivity index (χ4n) is 2.40. The molecular weight excluding hydrogens is 366 g/mol. The summed E-state index contributed by atoms with van der Waals surface area (Å²) in [6.45, 7) is 6.93. The first-order valence-electron chi connectivity index (χ1n) is 6.41. The Hall–Kier alpha value is -2.43. The smallest absolute Gasteiger partial charge is 0.306 e. The van der Waals surface area contributed by atoms with Crippen LogP contribution in [0, 0.1) is 6.57 Å². The van der Waals surface area contributed by atoms with Crippen LogP contribution < -0.4 is 5.69 Å². The van der Waals surface area contributed by atoms with E-state index in [1.165, 1.54) is 24.3 Å². The predicted octanol–water partition coefficient (Wildman–Crippen LogP) is 5.20. The zero-order valence-electron chi connectivity index (χ0n) is 11.6. The van der Waals surface area contributed by atoms with Crippen molar-refractivity contribution >= 4 is 39.9 Å². The van der Waals surface area contributed by atoms with Crippen LogP contribution in [0.4, 0.5) is 18.9 Å². The number of rotatable bonds is 1. The molecule has 0 fully saturated rings. The van der Waals surface area contributed by atoms with Gasteiger partial charge in [0, 0.05) is 5.02 Å². The second-order valence-corrected chi connectivity index (χ2v) is 5.70. The number of imidazole rings is 1. The van der Waals surface area contributed by atoms with E-state index < -0.39 is 22.9 Å². The van der Waals surface area contributed by atoms with E-state index in [2.05, 4.69) is 9.83 Å². The number of H-pyrrole nitrogens is 1. The maximum Gasteiger partial charge on any atom is 0.417 e. The summed E-state index contributed by atoms with van der Waals surface area (Å²) in [5, 5.41) is 0.302. The van der Waals surface area contributed by atoms with E-state index >= 15 is 0 Å². The maximum atomic E-state index is 13.4. The van der Waals surface area contributed by atoms with Crippen LogP contribution in [0.25, 0.3) is 21.6 Å². The molecule has 24 heavy (non-hydrogen) atoms. The van der Waals surface area contributed by atoms with E-state index in [9.17, 15) is 18.0 Å². The quantitative estimate of drug-likeness (QED) is 0.587. The molecule has 0 saturated carbocycles. The number of nitrogens with zero attached hydrogens (tertiary/aromatic N) is 2. The molecule has 0 aliphatic rings. The summed E-state index contributed by atoms with van der Waals surface area (Å²) < 4.78 is 41.1. The van der Waals surface area contributed by atoms with Gasteiger partial charge in [-0.2, -0.15) is 13.2 Å². The second kappa shape index (κ2) is 5.58.